The molecule has 0 bridgehead atoms. The second-order valence-electron chi connectivity index (χ2n) is 4.31. The van der Waals surface area contributed by atoms with Gasteiger partial charge in [0, 0.05) is 30.9 Å². The fraction of sp³-hybridized carbons (Fsp3) is 0.636. The van der Waals surface area contributed by atoms with Gasteiger partial charge in [0.15, 0.2) is 0 Å². The molecule has 0 radical (unpaired) electrons. The van der Waals surface area contributed by atoms with Gasteiger partial charge < -0.3 is 15.2 Å². The molecule has 1 aliphatic rings. The van der Waals surface area contributed by atoms with Crippen LogP contribution in [0.1, 0.15) is 23.9 Å². The van der Waals surface area contributed by atoms with Crippen molar-refractivity contribution in [1.29, 1.82) is 0 Å². The molecule has 1 aromatic heterocycles. The summed E-state index contributed by atoms with van der Waals surface area (Å²) in [7, 11) is 1.79. The van der Waals surface area contributed by atoms with Crippen LogP contribution in [0.25, 0.3) is 0 Å². The fourth-order valence-corrected chi connectivity index (χ4v) is 2.11. The molecule has 2 heterocycles. The standard InChI is InChI=1S/C11H18N4O/c1-8-5-13-11(14-8)9-3-4-15(7-9)10(16)6-12-2/h5,9,12H,3-4,6-7H2,1-2H3,(H,13,14). The van der Waals surface area contributed by atoms with E-state index >= 15 is 0 Å². The first-order chi connectivity index (χ1) is 7.70. The number of nitrogens with zero attached hydrogens (tertiary/aromatic N) is 2. The molecule has 0 spiro atoms. The van der Waals surface area contributed by atoms with Gasteiger partial charge in [-0.05, 0) is 20.4 Å². The van der Waals surface area contributed by atoms with Crippen molar-refractivity contribution in [2.75, 3.05) is 26.7 Å². The van der Waals surface area contributed by atoms with Crippen molar-refractivity contribution in [2.45, 2.75) is 19.3 Å². The molecule has 0 aliphatic carbocycles. The van der Waals surface area contributed by atoms with Crippen LogP contribution < -0.4 is 5.32 Å². The third-order valence-corrected chi connectivity index (χ3v) is 2.98. The molecule has 1 unspecified atom stereocenters. The molecule has 1 aromatic rings. The van der Waals surface area contributed by atoms with Crippen molar-refractivity contribution in [2.24, 2.45) is 0 Å². The lowest BCUT2D eigenvalue weighted by Gasteiger charge is -2.15. The highest BCUT2D eigenvalue weighted by molar-refractivity contribution is 5.78. The quantitative estimate of drug-likeness (QED) is 0.771. The number of carbonyl (C=O) groups is 1. The number of aromatic nitrogens is 2. The molecule has 0 aromatic carbocycles. The van der Waals surface area contributed by atoms with E-state index in [-0.39, 0.29) is 5.91 Å². The van der Waals surface area contributed by atoms with Gasteiger partial charge in [-0.15, -0.1) is 0 Å². The lowest BCUT2D eigenvalue weighted by atomic mass is 10.1. The van der Waals surface area contributed by atoms with Crippen LogP contribution in [0, 0.1) is 6.92 Å². The second-order valence-corrected chi connectivity index (χ2v) is 4.31. The lowest BCUT2D eigenvalue weighted by molar-refractivity contribution is -0.129. The smallest absolute Gasteiger partial charge is 0.236 e. The zero-order chi connectivity index (χ0) is 11.5. The summed E-state index contributed by atoms with van der Waals surface area (Å²) in [6, 6.07) is 0. The van der Waals surface area contributed by atoms with E-state index in [1.54, 1.807) is 7.05 Å². The minimum atomic E-state index is 0.174. The van der Waals surface area contributed by atoms with E-state index in [2.05, 4.69) is 15.3 Å². The van der Waals surface area contributed by atoms with Gasteiger partial charge in [-0.25, -0.2) is 4.98 Å². The van der Waals surface area contributed by atoms with Crippen molar-refractivity contribution >= 4 is 5.91 Å². The van der Waals surface area contributed by atoms with E-state index in [9.17, 15) is 4.79 Å². The highest BCUT2D eigenvalue weighted by atomic mass is 16.2. The number of H-pyrrole nitrogens is 1. The predicted octanol–water partition coefficient (Wildman–Crippen LogP) is 0.253. The van der Waals surface area contributed by atoms with Gasteiger partial charge in [-0.2, -0.15) is 0 Å². The monoisotopic (exact) mass is 222 g/mol. The SMILES string of the molecule is CNCC(=O)N1CCC(c2ncc(C)[nH]2)C1. The Morgan fingerprint density at radius 3 is 3.19 bits per heavy atom. The molecule has 16 heavy (non-hydrogen) atoms. The van der Waals surface area contributed by atoms with E-state index < -0.39 is 0 Å². The first-order valence-electron chi connectivity index (χ1n) is 5.64. The minimum Gasteiger partial charge on any atom is -0.346 e. The molecule has 1 fully saturated rings. The summed E-state index contributed by atoms with van der Waals surface area (Å²) in [6.07, 6.45) is 2.84. The Hall–Kier alpha value is -1.36. The van der Waals surface area contributed by atoms with Gasteiger partial charge in [0.25, 0.3) is 0 Å². The van der Waals surface area contributed by atoms with Crippen molar-refractivity contribution in [1.82, 2.24) is 20.2 Å². The summed E-state index contributed by atoms with van der Waals surface area (Å²) >= 11 is 0. The lowest BCUT2D eigenvalue weighted by Crippen LogP contribution is -2.35. The molecule has 5 nitrogen and oxygen atoms in total. The van der Waals surface area contributed by atoms with Crippen molar-refractivity contribution in [3.05, 3.63) is 17.7 Å². The van der Waals surface area contributed by atoms with Crippen molar-refractivity contribution in [3.8, 4) is 0 Å². The topological polar surface area (TPSA) is 61.0 Å². The number of aryl methyl sites for hydroxylation is 1. The Bertz CT molecular complexity index is 374. The summed E-state index contributed by atoms with van der Waals surface area (Å²) in [4.78, 5) is 21.1. The fourth-order valence-electron chi connectivity index (χ4n) is 2.11. The normalized spacial score (nSPS) is 20.4. The molecular formula is C11H18N4O. The summed E-state index contributed by atoms with van der Waals surface area (Å²) in [5, 5.41) is 2.89. The average molecular weight is 222 g/mol. The zero-order valence-electron chi connectivity index (χ0n) is 9.79. The molecule has 2 rings (SSSR count). The second kappa shape index (κ2) is 4.65. The van der Waals surface area contributed by atoms with Crippen molar-refractivity contribution in [3.63, 3.8) is 0 Å². The van der Waals surface area contributed by atoms with E-state index in [0.717, 1.165) is 31.0 Å². The van der Waals surface area contributed by atoms with Crippen LogP contribution in [-0.4, -0.2) is 47.5 Å². The molecule has 5 heteroatoms. The Morgan fingerprint density at radius 1 is 1.75 bits per heavy atom. The highest BCUT2D eigenvalue weighted by Crippen LogP contribution is 2.24. The molecule has 1 amide bonds. The number of amides is 1. The third kappa shape index (κ3) is 2.24. The van der Waals surface area contributed by atoms with Gasteiger partial charge in [-0.1, -0.05) is 0 Å². The maximum atomic E-state index is 11.7. The van der Waals surface area contributed by atoms with Crippen LogP contribution >= 0.6 is 0 Å². The number of hydrogen-bond acceptors (Lipinski definition) is 3. The van der Waals surface area contributed by atoms with Crippen LogP contribution in [0.3, 0.4) is 0 Å². The Morgan fingerprint density at radius 2 is 2.56 bits per heavy atom. The Kier molecular flexibility index (Phi) is 3.24. The van der Waals surface area contributed by atoms with Crippen LogP contribution in [0.15, 0.2) is 6.20 Å². The van der Waals surface area contributed by atoms with E-state index in [4.69, 9.17) is 0 Å². The highest BCUT2D eigenvalue weighted by Gasteiger charge is 2.28. The van der Waals surface area contributed by atoms with Gasteiger partial charge in [0.2, 0.25) is 5.91 Å². The molecule has 0 saturated carbocycles. The number of rotatable bonds is 3. The summed E-state index contributed by atoms with van der Waals surface area (Å²) in [6.45, 7) is 4.04. The predicted molar refractivity (Wildman–Crippen MR) is 61.2 cm³/mol. The Balaban J connectivity index is 1.95. The molecule has 88 valence electrons. The molecule has 2 N–H and O–H groups in total. The number of nitrogens with one attached hydrogen (secondary N) is 2. The first-order valence-corrected chi connectivity index (χ1v) is 5.64. The van der Waals surface area contributed by atoms with Crippen LogP contribution in [0.2, 0.25) is 0 Å². The molecule has 1 saturated heterocycles. The van der Waals surface area contributed by atoms with Crippen LogP contribution in [0.4, 0.5) is 0 Å². The number of carbonyl (C=O) groups excluding carboxylic acids is 1. The van der Waals surface area contributed by atoms with Crippen LogP contribution in [-0.2, 0) is 4.79 Å². The largest absolute Gasteiger partial charge is 0.346 e. The van der Waals surface area contributed by atoms with Gasteiger partial charge in [0.05, 0.1) is 6.54 Å². The van der Waals surface area contributed by atoms with Gasteiger partial charge >= 0.3 is 0 Å². The van der Waals surface area contributed by atoms with Gasteiger partial charge in [0.1, 0.15) is 5.82 Å². The van der Waals surface area contributed by atoms with E-state index in [0.29, 0.717) is 12.5 Å². The number of hydrogen-bond donors (Lipinski definition) is 2. The zero-order valence-corrected chi connectivity index (χ0v) is 9.79. The summed E-state index contributed by atoms with van der Waals surface area (Å²) in [5.74, 6) is 1.56. The summed E-state index contributed by atoms with van der Waals surface area (Å²) in [5.41, 5.74) is 1.08. The van der Waals surface area contributed by atoms with Crippen LogP contribution in [0.5, 0.6) is 0 Å². The summed E-state index contributed by atoms with van der Waals surface area (Å²) < 4.78 is 0. The van der Waals surface area contributed by atoms with Gasteiger partial charge in [-0.3, -0.25) is 4.79 Å². The maximum Gasteiger partial charge on any atom is 0.236 e. The molecule has 1 atom stereocenters. The van der Waals surface area contributed by atoms with E-state index in [1.807, 2.05) is 18.0 Å². The Labute approximate surface area is 95.2 Å². The number of imidazole rings is 1. The average Bonchev–Trinajstić information content (AvgIpc) is 2.85. The molecular weight excluding hydrogens is 204 g/mol. The number of likely N-dealkylation sites (N-methyl/N-ethyl adjacent to an activating group) is 1. The maximum absolute atomic E-state index is 11.7. The first kappa shape index (κ1) is 11.1. The van der Waals surface area contributed by atoms with Crippen molar-refractivity contribution < 1.29 is 4.79 Å². The minimum absolute atomic E-state index is 0.174. The number of likely N-dealkylation sites (tertiary alicyclic amines) is 1. The van der Waals surface area contributed by atoms with E-state index in [1.165, 1.54) is 0 Å². The number of aromatic amines is 1. The molecule has 1 aliphatic heterocycles. The third-order valence-electron chi connectivity index (χ3n) is 2.98.